The van der Waals surface area contributed by atoms with E-state index in [9.17, 15) is 0 Å². The van der Waals surface area contributed by atoms with Gasteiger partial charge in [0.2, 0.25) is 0 Å². The largest absolute Gasteiger partial charge is 0.277 e. The summed E-state index contributed by atoms with van der Waals surface area (Å²) in [7, 11) is 0. The van der Waals surface area contributed by atoms with Crippen LogP contribution in [-0.2, 0) is 5.88 Å². The molecule has 0 radical (unpaired) electrons. The molecule has 0 aliphatic carbocycles. The zero-order valence-electron chi connectivity index (χ0n) is 6.14. The van der Waals surface area contributed by atoms with E-state index < -0.39 is 0 Å². The van der Waals surface area contributed by atoms with E-state index in [0.29, 0.717) is 5.88 Å². The molecule has 0 aliphatic heterocycles. The van der Waals surface area contributed by atoms with Crippen LogP contribution in [0, 0.1) is 0 Å². The molecule has 2 nitrogen and oxygen atoms in total. The van der Waals surface area contributed by atoms with E-state index in [-0.39, 0.29) is 0 Å². The topological polar surface area (TPSA) is 28.7 Å². The van der Waals surface area contributed by atoms with Crippen LogP contribution in [0.25, 0.3) is 10.9 Å². The van der Waals surface area contributed by atoms with E-state index in [1.165, 1.54) is 0 Å². The lowest BCUT2D eigenvalue weighted by Gasteiger charge is -1.91. The Labute approximate surface area is 83.0 Å². The summed E-state index contributed by atoms with van der Waals surface area (Å²) in [4.78, 5) is 0. The Hall–Kier alpha value is -0.540. The molecule has 62 valence electrons. The molecular formula is C8H6BrClN2. The first-order chi connectivity index (χ1) is 5.81. The number of aromatic amines is 1. The maximum absolute atomic E-state index is 5.69. The van der Waals surface area contributed by atoms with Crippen molar-refractivity contribution in [2.75, 3.05) is 0 Å². The van der Waals surface area contributed by atoms with Crippen molar-refractivity contribution < 1.29 is 0 Å². The second-order valence-electron chi connectivity index (χ2n) is 2.49. The molecule has 0 saturated carbocycles. The van der Waals surface area contributed by atoms with Crippen molar-refractivity contribution in [3.05, 3.63) is 28.4 Å². The second-order valence-corrected chi connectivity index (χ2v) is 3.68. The van der Waals surface area contributed by atoms with Gasteiger partial charge < -0.3 is 0 Å². The van der Waals surface area contributed by atoms with Crippen molar-refractivity contribution in [1.29, 1.82) is 0 Å². The van der Waals surface area contributed by atoms with Gasteiger partial charge in [-0.25, -0.2) is 0 Å². The summed E-state index contributed by atoms with van der Waals surface area (Å²) in [5.74, 6) is 0.446. The normalized spacial score (nSPS) is 10.8. The van der Waals surface area contributed by atoms with Crippen molar-refractivity contribution in [3.63, 3.8) is 0 Å². The number of rotatable bonds is 1. The molecule has 0 fully saturated rings. The van der Waals surface area contributed by atoms with Crippen molar-refractivity contribution in [2.45, 2.75) is 5.88 Å². The summed E-state index contributed by atoms with van der Waals surface area (Å²) in [6.07, 6.45) is 0. The van der Waals surface area contributed by atoms with E-state index >= 15 is 0 Å². The van der Waals surface area contributed by atoms with Crippen molar-refractivity contribution in [2.24, 2.45) is 0 Å². The van der Waals surface area contributed by atoms with Gasteiger partial charge in [-0.1, -0.05) is 15.9 Å². The number of halogens is 2. The summed E-state index contributed by atoms with van der Waals surface area (Å²) in [5.41, 5.74) is 1.92. The van der Waals surface area contributed by atoms with Crippen LogP contribution in [-0.4, -0.2) is 10.2 Å². The van der Waals surface area contributed by atoms with E-state index in [2.05, 4.69) is 26.1 Å². The van der Waals surface area contributed by atoms with Gasteiger partial charge >= 0.3 is 0 Å². The fourth-order valence-corrected chi connectivity index (χ4v) is 1.72. The fourth-order valence-electron chi connectivity index (χ4n) is 1.15. The Morgan fingerprint density at radius 2 is 2.33 bits per heavy atom. The highest BCUT2D eigenvalue weighted by atomic mass is 79.9. The van der Waals surface area contributed by atoms with Crippen molar-refractivity contribution in [3.8, 4) is 0 Å². The van der Waals surface area contributed by atoms with Crippen molar-refractivity contribution >= 4 is 38.4 Å². The van der Waals surface area contributed by atoms with Gasteiger partial charge in [-0.2, -0.15) is 5.10 Å². The minimum Gasteiger partial charge on any atom is -0.277 e. The standard InChI is InChI=1S/C8H6BrClN2/c9-5-1-2-6-7(3-5)11-12-8(6)4-10/h1-3H,4H2,(H,11,12). The number of aromatic nitrogens is 2. The Balaban J connectivity index is 2.73. The predicted octanol–water partition coefficient (Wildman–Crippen LogP) is 3.06. The molecule has 0 aliphatic rings. The average molecular weight is 246 g/mol. The number of hydrogen-bond acceptors (Lipinski definition) is 1. The highest BCUT2D eigenvalue weighted by Gasteiger charge is 2.03. The molecule has 1 heterocycles. The van der Waals surface area contributed by atoms with Crippen LogP contribution in [0.3, 0.4) is 0 Å². The molecule has 0 amide bonds. The highest BCUT2D eigenvalue weighted by Crippen LogP contribution is 2.21. The SMILES string of the molecule is ClCc1n[nH]c2cc(Br)ccc12. The van der Waals surface area contributed by atoms with Gasteiger partial charge in [0.25, 0.3) is 0 Å². The number of hydrogen-bond donors (Lipinski definition) is 1. The molecular weight excluding hydrogens is 239 g/mol. The van der Waals surface area contributed by atoms with E-state index in [1.807, 2.05) is 18.2 Å². The lowest BCUT2D eigenvalue weighted by molar-refractivity contribution is 1.05. The quantitative estimate of drug-likeness (QED) is 0.769. The third-order valence-electron chi connectivity index (χ3n) is 1.73. The third kappa shape index (κ3) is 1.23. The fraction of sp³-hybridized carbons (Fsp3) is 0.125. The number of alkyl halides is 1. The molecule has 0 saturated heterocycles. The zero-order chi connectivity index (χ0) is 8.55. The van der Waals surface area contributed by atoms with Crippen LogP contribution in [0.4, 0.5) is 0 Å². The maximum atomic E-state index is 5.69. The van der Waals surface area contributed by atoms with Gasteiger partial charge in [-0.15, -0.1) is 11.6 Å². The molecule has 2 aromatic rings. The van der Waals surface area contributed by atoms with Gasteiger partial charge in [0.05, 0.1) is 17.1 Å². The molecule has 2 rings (SSSR count). The summed E-state index contributed by atoms with van der Waals surface area (Å²) >= 11 is 9.08. The number of H-pyrrole nitrogens is 1. The predicted molar refractivity (Wildman–Crippen MR) is 53.4 cm³/mol. The van der Waals surface area contributed by atoms with Gasteiger partial charge in [0.15, 0.2) is 0 Å². The summed E-state index contributed by atoms with van der Waals surface area (Å²) in [6.45, 7) is 0. The Kier molecular flexibility index (Phi) is 2.07. The molecule has 0 bridgehead atoms. The average Bonchev–Trinajstić information content (AvgIpc) is 2.46. The van der Waals surface area contributed by atoms with Crippen LogP contribution in [0.2, 0.25) is 0 Å². The molecule has 0 atom stereocenters. The Morgan fingerprint density at radius 1 is 1.50 bits per heavy atom. The molecule has 0 unspecified atom stereocenters. The third-order valence-corrected chi connectivity index (χ3v) is 2.48. The molecule has 4 heteroatoms. The summed E-state index contributed by atoms with van der Waals surface area (Å²) in [6, 6.07) is 5.97. The first-order valence-corrected chi connectivity index (χ1v) is 4.82. The number of nitrogens with zero attached hydrogens (tertiary/aromatic N) is 1. The molecule has 0 spiro atoms. The molecule has 12 heavy (non-hydrogen) atoms. The highest BCUT2D eigenvalue weighted by molar-refractivity contribution is 9.10. The van der Waals surface area contributed by atoms with Crippen LogP contribution in [0.5, 0.6) is 0 Å². The van der Waals surface area contributed by atoms with Crippen LogP contribution in [0.15, 0.2) is 22.7 Å². The minimum atomic E-state index is 0.446. The summed E-state index contributed by atoms with van der Waals surface area (Å²) < 4.78 is 1.04. The monoisotopic (exact) mass is 244 g/mol. The molecule has 1 aromatic carbocycles. The second kappa shape index (κ2) is 3.07. The van der Waals surface area contributed by atoms with Gasteiger partial charge in [0.1, 0.15) is 0 Å². The number of fused-ring (bicyclic) bond motifs is 1. The van der Waals surface area contributed by atoms with Crippen LogP contribution >= 0.6 is 27.5 Å². The van der Waals surface area contributed by atoms with E-state index in [4.69, 9.17) is 11.6 Å². The molecule has 1 aromatic heterocycles. The first-order valence-electron chi connectivity index (χ1n) is 3.50. The smallest absolute Gasteiger partial charge is 0.0848 e. The lowest BCUT2D eigenvalue weighted by Crippen LogP contribution is -1.76. The van der Waals surface area contributed by atoms with Crippen LogP contribution < -0.4 is 0 Å². The number of benzene rings is 1. The number of nitrogens with one attached hydrogen (secondary N) is 1. The van der Waals surface area contributed by atoms with Gasteiger partial charge in [-0.3, -0.25) is 5.10 Å². The Bertz CT molecular complexity index is 410. The zero-order valence-corrected chi connectivity index (χ0v) is 8.48. The molecule has 1 N–H and O–H groups in total. The van der Waals surface area contributed by atoms with Crippen LogP contribution in [0.1, 0.15) is 5.69 Å². The van der Waals surface area contributed by atoms with Crippen molar-refractivity contribution in [1.82, 2.24) is 10.2 Å². The van der Waals surface area contributed by atoms with E-state index in [0.717, 1.165) is 21.1 Å². The Morgan fingerprint density at radius 3 is 3.08 bits per heavy atom. The van der Waals surface area contributed by atoms with Gasteiger partial charge in [0, 0.05) is 9.86 Å². The minimum absolute atomic E-state index is 0.446. The van der Waals surface area contributed by atoms with Gasteiger partial charge in [-0.05, 0) is 18.2 Å². The lowest BCUT2D eigenvalue weighted by atomic mass is 10.2. The van der Waals surface area contributed by atoms with E-state index in [1.54, 1.807) is 0 Å². The first kappa shape index (κ1) is 8.08. The maximum Gasteiger partial charge on any atom is 0.0848 e. The summed E-state index contributed by atoms with van der Waals surface area (Å²) in [5, 5.41) is 8.08.